The predicted molar refractivity (Wildman–Crippen MR) is 77.2 cm³/mol. The number of nitrogens with zero attached hydrogens (tertiary/aromatic N) is 1. The number of benzene rings is 1. The molecule has 112 valence electrons. The molecule has 1 aromatic heterocycles. The number of amides is 3. The van der Waals surface area contributed by atoms with Crippen molar-refractivity contribution >= 4 is 17.7 Å². The summed E-state index contributed by atoms with van der Waals surface area (Å²) >= 11 is 0. The van der Waals surface area contributed by atoms with Gasteiger partial charge in [-0.25, -0.2) is 0 Å². The Bertz CT molecular complexity index is 687. The minimum atomic E-state index is -0.425. The minimum absolute atomic E-state index is 0.266. The molecule has 3 amide bonds. The third-order valence-corrected chi connectivity index (χ3v) is 3.50. The van der Waals surface area contributed by atoms with Crippen molar-refractivity contribution in [2.45, 2.75) is 6.42 Å². The van der Waals surface area contributed by atoms with Crippen molar-refractivity contribution in [2.24, 2.45) is 0 Å². The van der Waals surface area contributed by atoms with Gasteiger partial charge in [-0.2, -0.15) is 0 Å². The summed E-state index contributed by atoms with van der Waals surface area (Å²) in [5, 5.41) is 2.69. The van der Waals surface area contributed by atoms with E-state index in [1.54, 1.807) is 36.8 Å². The van der Waals surface area contributed by atoms with E-state index in [9.17, 15) is 14.4 Å². The molecule has 0 spiro atoms. The van der Waals surface area contributed by atoms with E-state index >= 15 is 0 Å². The lowest BCUT2D eigenvalue weighted by Gasteiger charge is -2.13. The van der Waals surface area contributed by atoms with Gasteiger partial charge in [-0.05, 0) is 30.2 Å². The molecule has 0 aliphatic carbocycles. The first kappa shape index (κ1) is 14.1. The van der Waals surface area contributed by atoms with Crippen LogP contribution in [0.25, 0.3) is 0 Å². The number of imide groups is 1. The number of nitrogens with one attached hydrogen (secondary N) is 1. The van der Waals surface area contributed by atoms with Crippen LogP contribution in [0.1, 0.15) is 26.3 Å². The SMILES string of the molecule is O=C(CN1C(=O)c2ccccc2C1=O)NCCc1ccoc1. The van der Waals surface area contributed by atoms with Crippen molar-refractivity contribution in [3.05, 3.63) is 59.5 Å². The van der Waals surface area contributed by atoms with E-state index in [1.165, 1.54) is 0 Å². The quantitative estimate of drug-likeness (QED) is 0.842. The molecule has 3 rings (SSSR count). The number of furan rings is 1. The molecule has 2 heterocycles. The van der Waals surface area contributed by atoms with Gasteiger partial charge in [0.1, 0.15) is 6.54 Å². The Morgan fingerprint density at radius 2 is 1.77 bits per heavy atom. The molecule has 0 saturated heterocycles. The zero-order valence-corrected chi connectivity index (χ0v) is 11.7. The highest BCUT2D eigenvalue weighted by atomic mass is 16.3. The molecule has 1 aromatic carbocycles. The Balaban J connectivity index is 1.56. The van der Waals surface area contributed by atoms with Gasteiger partial charge in [-0.15, -0.1) is 0 Å². The highest BCUT2D eigenvalue weighted by molar-refractivity contribution is 6.22. The largest absolute Gasteiger partial charge is 0.472 e. The Kier molecular flexibility index (Phi) is 3.74. The van der Waals surface area contributed by atoms with Crippen molar-refractivity contribution in [3.8, 4) is 0 Å². The predicted octanol–water partition coefficient (Wildman–Crippen LogP) is 1.23. The summed E-state index contributed by atoms with van der Waals surface area (Å²) in [6.07, 6.45) is 3.80. The number of hydrogen-bond acceptors (Lipinski definition) is 4. The molecule has 1 N–H and O–H groups in total. The molecule has 0 radical (unpaired) electrons. The van der Waals surface area contributed by atoms with Gasteiger partial charge in [-0.3, -0.25) is 19.3 Å². The number of rotatable bonds is 5. The van der Waals surface area contributed by atoms with Crippen LogP contribution in [0.15, 0.2) is 47.3 Å². The van der Waals surface area contributed by atoms with Crippen LogP contribution in [0.2, 0.25) is 0 Å². The van der Waals surface area contributed by atoms with Crippen LogP contribution in [0, 0.1) is 0 Å². The fourth-order valence-corrected chi connectivity index (χ4v) is 2.36. The van der Waals surface area contributed by atoms with Crippen LogP contribution in [-0.2, 0) is 11.2 Å². The van der Waals surface area contributed by atoms with E-state index < -0.39 is 11.8 Å². The van der Waals surface area contributed by atoms with Crippen molar-refractivity contribution in [3.63, 3.8) is 0 Å². The van der Waals surface area contributed by atoms with Crippen molar-refractivity contribution in [1.29, 1.82) is 0 Å². The molecule has 6 nitrogen and oxygen atoms in total. The monoisotopic (exact) mass is 298 g/mol. The molecular formula is C16H14N2O4. The van der Waals surface area contributed by atoms with Crippen LogP contribution in [0.3, 0.4) is 0 Å². The van der Waals surface area contributed by atoms with Gasteiger partial charge in [0, 0.05) is 6.54 Å². The van der Waals surface area contributed by atoms with E-state index in [4.69, 9.17) is 4.42 Å². The Morgan fingerprint density at radius 1 is 1.09 bits per heavy atom. The number of fused-ring (bicyclic) bond motifs is 1. The molecule has 2 aromatic rings. The topological polar surface area (TPSA) is 79.6 Å². The molecule has 0 fully saturated rings. The highest BCUT2D eigenvalue weighted by Crippen LogP contribution is 2.21. The zero-order valence-electron chi connectivity index (χ0n) is 11.7. The molecule has 0 unspecified atom stereocenters. The van der Waals surface area contributed by atoms with E-state index in [0.29, 0.717) is 24.1 Å². The van der Waals surface area contributed by atoms with Crippen LogP contribution in [0.4, 0.5) is 0 Å². The van der Waals surface area contributed by atoms with Crippen molar-refractivity contribution in [2.75, 3.05) is 13.1 Å². The molecule has 0 saturated carbocycles. The summed E-state index contributed by atoms with van der Waals surface area (Å²) in [6, 6.07) is 8.38. The van der Waals surface area contributed by atoms with E-state index in [0.717, 1.165) is 10.5 Å². The first-order valence-electron chi connectivity index (χ1n) is 6.90. The Labute approximate surface area is 126 Å². The summed E-state index contributed by atoms with van der Waals surface area (Å²) in [7, 11) is 0. The van der Waals surface area contributed by atoms with Crippen molar-refractivity contribution in [1.82, 2.24) is 10.2 Å². The van der Waals surface area contributed by atoms with Gasteiger partial charge < -0.3 is 9.73 Å². The fourth-order valence-electron chi connectivity index (χ4n) is 2.36. The third kappa shape index (κ3) is 2.63. The maximum Gasteiger partial charge on any atom is 0.262 e. The van der Waals surface area contributed by atoms with Gasteiger partial charge in [0.2, 0.25) is 5.91 Å². The van der Waals surface area contributed by atoms with Crippen LogP contribution < -0.4 is 5.32 Å². The van der Waals surface area contributed by atoms with Gasteiger partial charge in [0.05, 0.1) is 23.7 Å². The molecule has 6 heteroatoms. The first-order chi connectivity index (χ1) is 10.7. The lowest BCUT2D eigenvalue weighted by Crippen LogP contribution is -2.40. The van der Waals surface area contributed by atoms with Gasteiger partial charge >= 0.3 is 0 Å². The zero-order chi connectivity index (χ0) is 15.5. The molecule has 1 aliphatic heterocycles. The lowest BCUT2D eigenvalue weighted by atomic mass is 10.1. The van der Waals surface area contributed by atoms with E-state index in [2.05, 4.69) is 5.32 Å². The molecular weight excluding hydrogens is 284 g/mol. The fraction of sp³-hybridized carbons (Fsp3) is 0.188. The molecule has 0 atom stereocenters. The molecule has 1 aliphatic rings. The summed E-state index contributed by atoms with van der Waals surface area (Å²) in [6.45, 7) is 0.152. The minimum Gasteiger partial charge on any atom is -0.472 e. The summed E-state index contributed by atoms with van der Waals surface area (Å²) in [4.78, 5) is 37.1. The van der Waals surface area contributed by atoms with E-state index in [1.807, 2.05) is 6.07 Å². The van der Waals surface area contributed by atoms with Crippen LogP contribution in [-0.4, -0.2) is 35.7 Å². The smallest absolute Gasteiger partial charge is 0.262 e. The Morgan fingerprint density at radius 3 is 2.36 bits per heavy atom. The maximum absolute atomic E-state index is 12.1. The number of carbonyl (C=O) groups excluding carboxylic acids is 3. The molecule has 0 bridgehead atoms. The average Bonchev–Trinajstić information content (AvgIpc) is 3.11. The van der Waals surface area contributed by atoms with Gasteiger partial charge in [0.25, 0.3) is 11.8 Å². The highest BCUT2D eigenvalue weighted by Gasteiger charge is 2.36. The normalized spacial score (nSPS) is 13.4. The maximum atomic E-state index is 12.1. The number of carbonyl (C=O) groups is 3. The van der Waals surface area contributed by atoms with Crippen LogP contribution >= 0.6 is 0 Å². The van der Waals surface area contributed by atoms with Crippen molar-refractivity contribution < 1.29 is 18.8 Å². The van der Waals surface area contributed by atoms with Gasteiger partial charge in [0.15, 0.2) is 0 Å². The van der Waals surface area contributed by atoms with Crippen LogP contribution in [0.5, 0.6) is 0 Å². The summed E-state index contributed by atoms with van der Waals surface area (Å²) in [5.74, 6) is -1.21. The second-order valence-electron chi connectivity index (χ2n) is 4.97. The van der Waals surface area contributed by atoms with Gasteiger partial charge in [-0.1, -0.05) is 12.1 Å². The third-order valence-electron chi connectivity index (χ3n) is 3.50. The molecule has 22 heavy (non-hydrogen) atoms. The van der Waals surface area contributed by atoms with E-state index in [-0.39, 0.29) is 12.5 Å². The lowest BCUT2D eigenvalue weighted by molar-refractivity contribution is -0.121. The second kappa shape index (κ2) is 5.85. The summed E-state index contributed by atoms with van der Waals surface area (Å²) < 4.78 is 4.93. The summed E-state index contributed by atoms with van der Waals surface area (Å²) in [5.41, 5.74) is 1.67. The Hall–Kier alpha value is -2.89. The number of hydrogen-bond donors (Lipinski definition) is 1. The standard InChI is InChI=1S/C16H14N2O4/c19-14(17-7-5-11-6-8-22-10-11)9-18-15(20)12-3-1-2-4-13(12)16(18)21/h1-4,6,8,10H,5,7,9H2,(H,17,19). The average molecular weight is 298 g/mol. The first-order valence-corrected chi connectivity index (χ1v) is 6.90. The second-order valence-corrected chi connectivity index (χ2v) is 4.97.